The van der Waals surface area contributed by atoms with Gasteiger partial charge in [0.15, 0.2) is 16.4 Å². The van der Waals surface area contributed by atoms with Crippen LogP contribution in [0, 0.1) is 0 Å². The van der Waals surface area contributed by atoms with Gasteiger partial charge in [0, 0.05) is 0 Å². The average Bonchev–Trinajstić information content (AvgIpc) is 2.34. The summed E-state index contributed by atoms with van der Waals surface area (Å²) in [5.74, 6) is -2.90. The second kappa shape index (κ2) is 4.36. The van der Waals surface area contributed by atoms with Crippen LogP contribution in [0.2, 0.25) is 0 Å². The SMILES string of the molecule is O=S(=O)(c1ccccc1O)c1c(O)ccc(O)c1O. The second-order valence-corrected chi connectivity index (χ2v) is 5.61. The number of para-hydroxylation sites is 1. The molecule has 0 aliphatic rings. The zero-order chi connectivity index (χ0) is 14.2. The number of phenolic OH excluding ortho intramolecular Hbond substituents is 4. The van der Waals surface area contributed by atoms with Crippen molar-refractivity contribution in [2.45, 2.75) is 9.79 Å². The van der Waals surface area contributed by atoms with Gasteiger partial charge < -0.3 is 20.4 Å². The average molecular weight is 282 g/mol. The number of benzene rings is 2. The standard InChI is InChI=1S/C12H10O6S/c13-7-3-1-2-4-10(7)19(17,18)12-9(15)6-5-8(14)11(12)16/h1-6,13-16H. The molecule has 0 aliphatic carbocycles. The normalized spacial score (nSPS) is 11.4. The molecule has 0 aliphatic heterocycles. The third-order valence-electron chi connectivity index (χ3n) is 2.51. The van der Waals surface area contributed by atoms with Crippen LogP contribution in [-0.4, -0.2) is 28.8 Å². The van der Waals surface area contributed by atoms with Gasteiger partial charge in [-0.25, -0.2) is 8.42 Å². The molecule has 100 valence electrons. The molecule has 0 saturated carbocycles. The van der Waals surface area contributed by atoms with Crippen molar-refractivity contribution < 1.29 is 28.8 Å². The summed E-state index contributed by atoms with van der Waals surface area (Å²) in [6, 6.07) is 6.97. The van der Waals surface area contributed by atoms with Gasteiger partial charge in [-0.2, -0.15) is 0 Å². The maximum Gasteiger partial charge on any atom is 0.217 e. The van der Waals surface area contributed by atoms with E-state index in [4.69, 9.17) is 0 Å². The van der Waals surface area contributed by atoms with Crippen molar-refractivity contribution in [3.63, 3.8) is 0 Å². The summed E-state index contributed by atoms with van der Waals surface area (Å²) in [7, 11) is -4.36. The fourth-order valence-corrected chi connectivity index (χ4v) is 3.13. The number of aromatic hydroxyl groups is 4. The molecule has 0 saturated heterocycles. The van der Waals surface area contributed by atoms with Gasteiger partial charge in [0.25, 0.3) is 0 Å². The lowest BCUT2D eigenvalue weighted by molar-refractivity contribution is 0.379. The molecule has 0 fully saturated rings. The summed E-state index contributed by atoms with van der Waals surface area (Å²) >= 11 is 0. The monoisotopic (exact) mass is 282 g/mol. The molecule has 6 nitrogen and oxygen atoms in total. The summed E-state index contributed by atoms with van der Waals surface area (Å²) in [5, 5.41) is 38.0. The molecule has 0 bridgehead atoms. The van der Waals surface area contributed by atoms with E-state index in [1.54, 1.807) is 0 Å². The van der Waals surface area contributed by atoms with Crippen molar-refractivity contribution in [2.75, 3.05) is 0 Å². The highest BCUT2D eigenvalue weighted by atomic mass is 32.2. The van der Waals surface area contributed by atoms with Crippen LogP contribution in [0.5, 0.6) is 23.0 Å². The lowest BCUT2D eigenvalue weighted by Crippen LogP contribution is -2.03. The summed E-state index contributed by atoms with van der Waals surface area (Å²) in [5.41, 5.74) is 0. The molecule has 0 atom stereocenters. The van der Waals surface area contributed by atoms with Gasteiger partial charge in [-0.3, -0.25) is 0 Å². The first kappa shape index (κ1) is 13.0. The Morgan fingerprint density at radius 1 is 0.737 bits per heavy atom. The van der Waals surface area contributed by atoms with Crippen LogP contribution >= 0.6 is 0 Å². The van der Waals surface area contributed by atoms with Crippen molar-refractivity contribution in [1.82, 2.24) is 0 Å². The van der Waals surface area contributed by atoms with Crippen LogP contribution in [0.3, 0.4) is 0 Å². The Morgan fingerprint density at radius 2 is 1.32 bits per heavy atom. The Bertz CT molecular complexity index is 736. The molecule has 2 rings (SSSR count). The largest absolute Gasteiger partial charge is 0.507 e. The summed E-state index contributed by atoms with van der Waals surface area (Å²) in [4.78, 5) is -1.33. The highest BCUT2D eigenvalue weighted by molar-refractivity contribution is 7.91. The first-order chi connectivity index (χ1) is 8.85. The van der Waals surface area contributed by atoms with Gasteiger partial charge in [-0.15, -0.1) is 0 Å². The van der Waals surface area contributed by atoms with Crippen LogP contribution in [0.15, 0.2) is 46.2 Å². The number of hydrogen-bond donors (Lipinski definition) is 4. The minimum atomic E-state index is -4.36. The highest BCUT2D eigenvalue weighted by Gasteiger charge is 2.29. The highest BCUT2D eigenvalue weighted by Crippen LogP contribution is 2.42. The summed E-state index contributed by atoms with van der Waals surface area (Å²) in [6.45, 7) is 0. The van der Waals surface area contributed by atoms with Crippen molar-refractivity contribution in [3.05, 3.63) is 36.4 Å². The van der Waals surface area contributed by atoms with E-state index in [0.29, 0.717) is 0 Å². The Morgan fingerprint density at radius 3 is 1.95 bits per heavy atom. The quantitative estimate of drug-likeness (QED) is 0.488. The number of hydrogen-bond acceptors (Lipinski definition) is 6. The van der Waals surface area contributed by atoms with Crippen molar-refractivity contribution >= 4 is 9.84 Å². The van der Waals surface area contributed by atoms with Gasteiger partial charge >= 0.3 is 0 Å². The Kier molecular flexibility index (Phi) is 2.99. The predicted octanol–water partition coefficient (Wildman–Crippen LogP) is 1.34. The third-order valence-corrected chi connectivity index (χ3v) is 4.38. The first-order valence-electron chi connectivity index (χ1n) is 5.12. The van der Waals surface area contributed by atoms with E-state index in [0.717, 1.165) is 24.3 Å². The molecule has 0 radical (unpaired) electrons. The molecule has 7 heteroatoms. The van der Waals surface area contributed by atoms with E-state index in [1.807, 2.05) is 0 Å². The molecule has 4 N–H and O–H groups in total. The zero-order valence-electron chi connectivity index (χ0n) is 9.48. The van der Waals surface area contributed by atoms with Crippen LogP contribution in [0.1, 0.15) is 0 Å². The van der Waals surface area contributed by atoms with E-state index < -0.39 is 42.6 Å². The Labute approximate surface area is 108 Å². The van der Waals surface area contributed by atoms with E-state index in [-0.39, 0.29) is 0 Å². The van der Waals surface area contributed by atoms with Gasteiger partial charge in [0.05, 0.1) is 0 Å². The van der Waals surface area contributed by atoms with E-state index >= 15 is 0 Å². The molecule has 2 aromatic rings. The first-order valence-corrected chi connectivity index (χ1v) is 6.61. The summed E-state index contributed by atoms with van der Waals surface area (Å²) < 4.78 is 24.5. The van der Waals surface area contributed by atoms with Gasteiger partial charge in [0.1, 0.15) is 16.4 Å². The molecule has 0 amide bonds. The summed E-state index contributed by atoms with van der Waals surface area (Å²) in [6.07, 6.45) is 0. The maximum atomic E-state index is 12.3. The van der Waals surface area contributed by atoms with E-state index in [9.17, 15) is 28.8 Å². The van der Waals surface area contributed by atoms with Gasteiger partial charge in [0.2, 0.25) is 9.84 Å². The fraction of sp³-hybridized carbons (Fsp3) is 0. The molecule has 0 heterocycles. The van der Waals surface area contributed by atoms with Crippen molar-refractivity contribution in [2.24, 2.45) is 0 Å². The molecule has 0 unspecified atom stereocenters. The predicted molar refractivity (Wildman–Crippen MR) is 65.0 cm³/mol. The number of phenols is 4. The minimum Gasteiger partial charge on any atom is -0.507 e. The Balaban J connectivity index is 2.79. The fourth-order valence-electron chi connectivity index (χ4n) is 1.61. The molecular formula is C12H10O6S. The van der Waals surface area contributed by atoms with Crippen LogP contribution in [-0.2, 0) is 9.84 Å². The lowest BCUT2D eigenvalue weighted by Gasteiger charge is -2.10. The van der Waals surface area contributed by atoms with Gasteiger partial charge in [-0.05, 0) is 24.3 Å². The number of rotatable bonds is 2. The molecule has 0 spiro atoms. The van der Waals surface area contributed by atoms with E-state index in [2.05, 4.69) is 0 Å². The lowest BCUT2D eigenvalue weighted by atomic mass is 10.3. The van der Waals surface area contributed by atoms with Crippen molar-refractivity contribution in [1.29, 1.82) is 0 Å². The van der Waals surface area contributed by atoms with Crippen molar-refractivity contribution in [3.8, 4) is 23.0 Å². The van der Waals surface area contributed by atoms with Crippen LogP contribution in [0.4, 0.5) is 0 Å². The van der Waals surface area contributed by atoms with Crippen LogP contribution < -0.4 is 0 Å². The molecular weight excluding hydrogens is 272 g/mol. The molecule has 19 heavy (non-hydrogen) atoms. The number of sulfone groups is 1. The van der Waals surface area contributed by atoms with E-state index in [1.165, 1.54) is 12.1 Å². The maximum absolute atomic E-state index is 12.3. The topological polar surface area (TPSA) is 115 Å². The Hall–Kier alpha value is -2.41. The smallest absolute Gasteiger partial charge is 0.217 e. The zero-order valence-corrected chi connectivity index (χ0v) is 10.3. The third kappa shape index (κ3) is 2.04. The molecule has 0 aromatic heterocycles. The minimum absolute atomic E-state index is 0.480. The van der Waals surface area contributed by atoms with Crippen LogP contribution in [0.25, 0.3) is 0 Å². The van der Waals surface area contributed by atoms with Gasteiger partial charge in [-0.1, -0.05) is 12.1 Å². The molecule has 2 aromatic carbocycles. The second-order valence-electron chi connectivity index (χ2n) is 3.75.